The molecular formula is C18H25N3. The summed E-state index contributed by atoms with van der Waals surface area (Å²) in [4.78, 5) is 9.39. The molecule has 112 valence electrons. The Bertz CT molecular complexity index is 577. The van der Waals surface area contributed by atoms with Crippen molar-refractivity contribution in [1.29, 1.82) is 0 Å². The average Bonchev–Trinajstić information content (AvgIpc) is 2.46. The van der Waals surface area contributed by atoms with Crippen LogP contribution in [0.1, 0.15) is 42.3 Å². The van der Waals surface area contributed by atoms with E-state index in [0.717, 1.165) is 35.7 Å². The quantitative estimate of drug-likeness (QED) is 0.910. The van der Waals surface area contributed by atoms with Crippen LogP contribution in [0.3, 0.4) is 0 Å². The van der Waals surface area contributed by atoms with Crippen molar-refractivity contribution < 1.29 is 0 Å². The van der Waals surface area contributed by atoms with Crippen LogP contribution >= 0.6 is 0 Å². The molecule has 0 bridgehead atoms. The molecule has 0 unspecified atom stereocenters. The van der Waals surface area contributed by atoms with E-state index in [1.807, 2.05) is 7.05 Å². The molecule has 0 fully saturated rings. The van der Waals surface area contributed by atoms with E-state index in [2.05, 4.69) is 57.3 Å². The van der Waals surface area contributed by atoms with Crippen molar-refractivity contribution in [1.82, 2.24) is 15.3 Å². The van der Waals surface area contributed by atoms with Crippen molar-refractivity contribution in [2.24, 2.45) is 0 Å². The van der Waals surface area contributed by atoms with Gasteiger partial charge in [-0.25, -0.2) is 9.97 Å². The van der Waals surface area contributed by atoms with Crippen LogP contribution in [0.25, 0.3) is 11.4 Å². The molecule has 21 heavy (non-hydrogen) atoms. The number of benzene rings is 1. The Labute approximate surface area is 127 Å². The Balaban J connectivity index is 2.32. The maximum Gasteiger partial charge on any atom is 0.159 e. The van der Waals surface area contributed by atoms with E-state index >= 15 is 0 Å². The summed E-state index contributed by atoms with van der Waals surface area (Å²) in [5, 5.41) is 3.18. The average molecular weight is 283 g/mol. The Morgan fingerprint density at radius 2 is 1.57 bits per heavy atom. The number of nitrogens with zero attached hydrogens (tertiary/aromatic N) is 2. The fourth-order valence-electron chi connectivity index (χ4n) is 2.50. The van der Waals surface area contributed by atoms with Gasteiger partial charge in [0.25, 0.3) is 0 Å². The van der Waals surface area contributed by atoms with Gasteiger partial charge in [-0.3, -0.25) is 0 Å². The van der Waals surface area contributed by atoms with E-state index in [4.69, 9.17) is 9.97 Å². The van der Waals surface area contributed by atoms with E-state index in [1.54, 1.807) is 0 Å². The molecule has 1 aromatic carbocycles. The highest BCUT2D eigenvalue weighted by Crippen LogP contribution is 2.22. The van der Waals surface area contributed by atoms with Gasteiger partial charge in [-0.05, 0) is 50.9 Å². The molecule has 0 spiro atoms. The van der Waals surface area contributed by atoms with E-state index in [9.17, 15) is 0 Å². The predicted octanol–water partition coefficient (Wildman–Crippen LogP) is 3.65. The van der Waals surface area contributed by atoms with Crippen LogP contribution in [-0.2, 0) is 6.42 Å². The molecule has 0 atom stereocenters. The lowest BCUT2D eigenvalue weighted by molar-refractivity contribution is 0.774. The lowest BCUT2D eigenvalue weighted by Crippen LogP contribution is -2.13. The van der Waals surface area contributed by atoms with E-state index in [0.29, 0.717) is 5.92 Å². The predicted molar refractivity (Wildman–Crippen MR) is 88.7 cm³/mol. The lowest BCUT2D eigenvalue weighted by atomic mass is 10.0. The molecule has 0 aliphatic heterocycles. The second-order valence-electron chi connectivity index (χ2n) is 5.83. The Kier molecular flexibility index (Phi) is 5.07. The molecular weight excluding hydrogens is 258 g/mol. The molecule has 2 aromatic rings. The SMILES string of the molecule is CNCCc1c(C)nc(-c2ccc(C(C)C)cc2)nc1C. The van der Waals surface area contributed by atoms with Crippen LogP contribution in [0.15, 0.2) is 24.3 Å². The molecule has 0 aliphatic carbocycles. The van der Waals surface area contributed by atoms with Gasteiger partial charge in [-0.15, -0.1) is 0 Å². The molecule has 1 heterocycles. The molecule has 0 aliphatic rings. The summed E-state index contributed by atoms with van der Waals surface area (Å²) in [6, 6.07) is 8.58. The standard InChI is InChI=1S/C18H25N3/c1-12(2)15-6-8-16(9-7-15)18-20-13(3)17(10-11-19-5)14(4)21-18/h6-9,12,19H,10-11H2,1-5H3. The zero-order valence-corrected chi connectivity index (χ0v) is 13.7. The largest absolute Gasteiger partial charge is 0.319 e. The van der Waals surface area contributed by atoms with Crippen molar-refractivity contribution in [2.45, 2.75) is 40.0 Å². The fraction of sp³-hybridized carbons (Fsp3) is 0.444. The highest BCUT2D eigenvalue weighted by molar-refractivity contribution is 5.56. The molecule has 3 heteroatoms. The minimum Gasteiger partial charge on any atom is -0.319 e. The number of hydrogen-bond donors (Lipinski definition) is 1. The second kappa shape index (κ2) is 6.81. The third-order valence-corrected chi connectivity index (χ3v) is 3.88. The maximum atomic E-state index is 4.69. The van der Waals surface area contributed by atoms with Crippen LogP contribution in [0.2, 0.25) is 0 Å². The number of aromatic nitrogens is 2. The maximum absolute atomic E-state index is 4.69. The second-order valence-corrected chi connectivity index (χ2v) is 5.83. The number of hydrogen-bond acceptors (Lipinski definition) is 3. The van der Waals surface area contributed by atoms with Crippen LogP contribution in [0.5, 0.6) is 0 Å². The van der Waals surface area contributed by atoms with Crippen LogP contribution in [0, 0.1) is 13.8 Å². The summed E-state index contributed by atoms with van der Waals surface area (Å²) in [5.74, 6) is 1.38. The molecule has 0 amide bonds. The van der Waals surface area contributed by atoms with Gasteiger partial charge < -0.3 is 5.32 Å². The Morgan fingerprint density at radius 1 is 1.00 bits per heavy atom. The van der Waals surface area contributed by atoms with Crippen molar-refractivity contribution in [2.75, 3.05) is 13.6 Å². The summed E-state index contributed by atoms with van der Waals surface area (Å²) in [6.07, 6.45) is 0.973. The summed E-state index contributed by atoms with van der Waals surface area (Å²) in [5.41, 5.74) is 5.86. The van der Waals surface area contributed by atoms with Gasteiger partial charge in [0, 0.05) is 17.0 Å². The third-order valence-electron chi connectivity index (χ3n) is 3.88. The zero-order chi connectivity index (χ0) is 15.4. The smallest absolute Gasteiger partial charge is 0.159 e. The van der Waals surface area contributed by atoms with Gasteiger partial charge in [0.1, 0.15) is 0 Å². The summed E-state index contributed by atoms with van der Waals surface area (Å²) in [7, 11) is 1.97. The molecule has 0 radical (unpaired) electrons. The van der Waals surface area contributed by atoms with E-state index in [1.165, 1.54) is 11.1 Å². The van der Waals surface area contributed by atoms with Gasteiger partial charge in [-0.2, -0.15) is 0 Å². The molecule has 1 aromatic heterocycles. The summed E-state index contributed by atoms with van der Waals surface area (Å²) < 4.78 is 0. The van der Waals surface area contributed by atoms with E-state index in [-0.39, 0.29) is 0 Å². The van der Waals surface area contributed by atoms with Crippen LogP contribution in [-0.4, -0.2) is 23.6 Å². The minimum atomic E-state index is 0.548. The minimum absolute atomic E-state index is 0.548. The zero-order valence-electron chi connectivity index (χ0n) is 13.7. The topological polar surface area (TPSA) is 37.8 Å². The first kappa shape index (κ1) is 15.6. The van der Waals surface area contributed by atoms with Crippen molar-refractivity contribution in [3.8, 4) is 11.4 Å². The first-order valence-corrected chi connectivity index (χ1v) is 7.62. The monoisotopic (exact) mass is 283 g/mol. The normalized spacial score (nSPS) is 11.1. The number of rotatable bonds is 5. The fourth-order valence-corrected chi connectivity index (χ4v) is 2.50. The molecule has 0 saturated carbocycles. The molecule has 0 saturated heterocycles. The van der Waals surface area contributed by atoms with Gasteiger partial charge in [-0.1, -0.05) is 38.1 Å². The number of nitrogens with one attached hydrogen (secondary N) is 1. The first-order chi connectivity index (χ1) is 10.0. The number of likely N-dealkylation sites (N-methyl/N-ethyl adjacent to an activating group) is 1. The van der Waals surface area contributed by atoms with Crippen LogP contribution < -0.4 is 5.32 Å². The van der Waals surface area contributed by atoms with Crippen molar-refractivity contribution in [3.63, 3.8) is 0 Å². The Hall–Kier alpha value is -1.74. The third kappa shape index (κ3) is 3.67. The van der Waals surface area contributed by atoms with Gasteiger partial charge >= 0.3 is 0 Å². The van der Waals surface area contributed by atoms with Gasteiger partial charge in [0.05, 0.1) is 0 Å². The molecule has 3 nitrogen and oxygen atoms in total. The van der Waals surface area contributed by atoms with Gasteiger partial charge in [0.2, 0.25) is 0 Å². The Morgan fingerprint density at radius 3 is 2.05 bits per heavy atom. The highest BCUT2D eigenvalue weighted by Gasteiger charge is 2.10. The summed E-state index contributed by atoms with van der Waals surface area (Å²) >= 11 is 0. The number of aryl methyl sites for hydroxylation is 2. The molecule has 2 rings (SSSR count). The first-order valence-electron chi connectivity index (χ1n) is 7.62. The van der Waals surface area contributed by atoms with Gasteiger partial charge in [0.15, 0.2) is 5.82 Å². The van der Waals surface area contributed by atoms with Crippen molar-refractivity contribution >= 4 is 0 Å². The van der Waals surface area contributed by atoms with Crippen LogP contribution in [0.4, 0.5) is 0 Å². The highest BCUT2D eigenvalue weighted by atomic mass is 14.9. The molecule has 1 N–H and O–H groups in total. The van der Waals surface area contributed by atoms with E-state index < -0.39 is 0 Å². The van der Waals surface area contributed by atoms with Crippen molar-refractivity contribution in [3.05, 3.63) is 46.8 Å². The summed E-state index contributed by atoms with van der Waals surface area (Å²) in [6.45, 7) is 9.51. The lowest BCUT2D eigenvalue weighted by Gasteiger charge is -2.11.